The predicted octanol–water partition coefficient (Wildman–Crippen LogP) is 5.47. The fourth-order valence-electron chi connectivity index (χ4n) is 3.10. The van der Waals surface area contributed by atoms with Gasteiger partial charge in [0.25, 0.3) is 5.91 Å². The number of carbonyl (C=O) groups excluding carboxylic acids is 2. The minimum absolute atomic E-state index is 0.125. The maximum absolute atomic E-state index is 13.8. The molecule has 35 heavy (non-hydrogen) atoms. The van der Waals surface area contributed by atoms with Crippen molar-refractivity contribution < 1.29 is 18.7 Å². The number of nitrogens with one attached hydrogen (secondary N) is 2. The van der Waals surface area contributed by atoms with Crippen LogP contribution in [-0.2, 0) is 11.4 Å². The smallest absolute Gasteiger partial charge is 0.274 e. The van der Waals surface area contributed by atoms with E-state index in [2.05, 4.69) is 20.6 Å². The van der Waals surface area contributed by atoms with Crippen LogP contribution < -0.4 is 15.4 Å². The number of thiazole rings is 1. The molecule has 0 aliphatic heterocycles. The number of benzene rings is 2. The Labute approximate surface area is 205 Å². The summed E-state index contributed by atoms with van der Waals surface area (Å²) >= 11 is 1.56. The summed E-state index contributed by atoms with van der Waals surface area (Å²) in [5.41, 5.74) is 2.17. The molecule has 0 bridgehead atoms. The van der Waals surface area contributed by atoms with Crippen molar-refractivity contribution in [1.29, 1.82) is 0 Å². The molecule has 2 heterocycles. The topological polar surface area (TPSA) is 93.2 Å². The van der Waals surface area contributed by atoms with Gasteiger partial charge in [-0.3, -0.25) is 14.6 Å². The number of aryl methyl sites for hydroxylation is 1. The molecule has 7 nitrogen and oxygen atoms in total. The number of aromatic nitrogens is 2. The Morgan fingerprint density at radius 2 is 1.94 bits per heavy atom. The van der Waals surface area contributed by atoms with Crippen molar-refractivity contribution in [1.82, 2.24) is 9.97 Å². The van der Waals surface area contributed by atoms with E-state index in [4.69, 9.17) is 4.74 Å². The van der Waals surface area contributed by atoms with Gasteiger partial charge < -0.3 is 15.4 Å². The van der Waals surface area contributed by atoms with E-state index >= 15 is 0 Å². The summed E-state index contributed by atoms with van der Waals surface area (Å²) in [6.45, 7) is 2.29. The second kappa shape index (κ2) is 11.2. The monoisotopic (exact) mass is 488 g/mol. The van der Waals surface area contributed by atoms with E-state index in [0.717, 1.165) is 22.3 Å². The van der Waals surface area contributed by atoms with Crippen molar-refractivity contribution >= 4 is 40.6 Å². The van der Waals surface area contributed by atoms with Crippen LogP contribution in [0.4, 0.5) is 15.8 Å². The van der Waals surface area contributed by atoms with Gasteiger partial charge in [-0.05, 0) is 61.0 Å². The summed E-state index contributed by atoms with van der Waals surface area (Å²) in [6, 6.07) is 15.9. The van der Waals surface area contributed by atoms with Crippen molar-refractivity contribution in [2.75, 3.05) is 10.6 Å². The number of anilines is 2. The van der Waals surface area contributed by atoms with E-state index in [1.807, 2.05) is 30.5 Å². The Morgan fingerprint density at radius 1 is 1.06 bits per heavy atom. The number of ether oxygens (including phenoxy) is 1. The zero-order valence-corrected chi connectivity index (χ0v) is 19.5. The standard InChI is InChI=1S/C26H21FN4O3S/c1-17-29-20(16-35-17)15-34-21-6-4-5-18(13-21)8-11-25(32)30-24-14-19(27)9-10-22(24)31-26(33)23-7-2-3-12-28-23/h2-14,16H,15H2,1H3,(H,30,32)(H,31,33). The van der Waals surface area contributed by atoms with E-state index in [0.29, 0.717) is 12.4 Å². The lowest BCUT2D eigenvalue weighted by Gasteiger charge is -2.11. The van der Waals surface area contributed by atoms with E-state index in [1.165, 1.54) is 24.4 Å². The van der Waals surface area contributed by atoms with Crippen LogP contribution in [0.3, 0.4) is 0 Å². The Balaban J connectivity index is 1.40. The molecule has 0 saturated heterocycles. The predicted molar refractivity (Wildman–Crippen MR) is 134 cm³/mol. The van der Waals surface area contributed by atoms with Gasteiger partial charge in [-0.1, -0.05) is 18.2 Å². The number of pyridine rings is 1. The Bertz CT molecular complexity index is 1370. The molecule has 0 spiro atoms. The lowest BCUT2D eigenvalue weighted by molar-refractivity contribution is -0.111. The first kappa shape index (κ1) is 23.8. The van der Waals surface area contributed by atoms with Crippen LogP contribution in [0.5, 0.6) is 5.75 Å². The molecule has 2 aromatic carbocycles. The molecule has 2 aromatic heterocycles. The van der Waals surface area contributed by atoms with Crippen LogP contribution in [0.2, 0.25) is 0 Å². The average Bonchev–Trinajstić information content (AvgIpc) is 3.29. The number of amides is 2. The van der Waals surface area contributed by atoms with Crippen LogP contribution in [-0.4, -0.2) is 21.8 Å². The van der Waals surface area contributed by atoms with Crippen LogP contribution in [0.15, 0.2) is 78.3 Å². The van der Waals surface area contributed by atoms with Crippen molar-refractivity contribution in [3.63, 3.8) is 0 Å². The molecule has 0 fully saturated rings. The second-order valence-electron chi connectivity index (χ2n) is 7.40. The summed E-state index contributed by atoms with van der Waals surface area (Å²) in [5, 5.41) is 8.17. The number of carbonyl (C=O) groups is 2. The Morgan fingerprint density at radius 3 is 2.71 bits per heavy atom. The maximum atomic E-state index is 13.8. The minimum Gasteiger partial charge on any atom is -0.487 e. The van der Waals surface area contributed by atoms with E-state index in [-0.39, 0.29) is 17.1 Å². The summed E-state index contributed by atoms with van der Waals surface area (Å²) in [6.07, 6.45) is 4.42. The summed E-state index contributed by atoms with van der Waals surface area (Å²) in [4.78, 5) is 33.3. The van der Waals surface area contributed by atoms with Crippen LogP contribution in [0.1, 0.15) is 26.8 Å². The molecule has 0 radical (unpaired) electrons. The molecule has 0 saturated carbocycles. The molecule has 2 amide bonds. The lowest BCUT2D eigenvalue weighted by atomic mass is 10.2. The third-order valence-corrected chi connectivity index (χ3v) is 5.55. The van der Waals surface area contributed by atoms with Gasteiger partial charge in [-0.15, -0.1) is 11.3 Å². The highest BCUT2D eigenvalue weighted by Gasteiger charge is 2.12. The number of hydrogen-bond acceptors (Lipinski definition) is 6. The third-order valence-electron chi connectivity index (χ3n) is 4.72. The van der Waals surface area contributed by atoms with Crippen molar-refractivity contribution in [2.24, 2.45) is 0 Å². The molecule has 0 unspecified atom stereocenters. The van der Waals surface area contributed by atoms with Crippen LogP contribution >= 0.6 is 11.3 Å². The summed E-state index contributed by atoms with van der Waals surface area (Å²) in [7, 11) is 0. The van der Waals surface area contributed by atoms with Gasteiger partial charge in [0.15, 0.2) is 0 Å². The molecule has 176 valence electrons. The number of rotatable bonds is 8. The van der Waals surface area contributed by atoms with Gasteiger partial charge in [0.05, 0.1) is 22.1 Å². The molecular formula is C26H21FN4O3S. The minimum atomic E-state index is -0.555. The van der Waals surface area contributed by atoms with E-state index in [9.17, 15) is 14.0 Å². The van der Waals surface area contributed by atoms with Gasteiger partial charge in [0, 0.05) is 17.7 Å². The molecule has 0 atom stereocenters. The molecule has 4 aromatic rings. The van der Waals surface area contributed by atoms with Crippen molar-refractivity contribution in [3.05, 3.63) is 106 Å². The van der Waals surface area contributed by atoms with Crippen LogP contribution in [0, 0.1) is 12.7 Å². The number of hydrogen-bond donors (Lipinski definition) is 2. The first-order valence-corrected chi connectivity index (χ1v) is 11.5. The summed E-state index contributed by atoms with van der Waals surface area (Å²) < 4.78 is 19.6. The second-order valence-corrected chi connectivity index (χ2v) is 8.46. The molecule has 0 aliphatic carbocycles. The van der Waals surface area contributed by atoms with Crippen molar-refractivity contribution in [2.45, 2.75) is 13.5 Å². The largest absolute Gasteiger partial charge is 0.487 e. The van der Waals surface area contributed by atoms with Gasteiger partial charge in [0.1, 0.15) is 23.9 Å². The number of nitrogens with zero attached hydrogens (tertiary/aromatic N) is 2. The quantitative estimate of drug-likeness (QED) is 0.321. The van der Waals surface area contributed by atoms with Gasteiger partial charge in [-0.25, -0.2) is 9.37 Å². The van der Waals surface area contributed by atoms with Crippen LogP contribution in [0.25, 0.3) is 6.08 Å². The van der Waals surface area contributed by atoms with Gasteiger partial charge in [0.2, 0.25) is 5.91 Å². The highest BCUT2D eigenvalue weighted by Crippen LogP contribution is 2.24. The van der Waals surface area contributed by atoms with Gasteiger partial charge in [-0.2, -0.15) is 0 Å². The highest BCUT2D eigenvalue weighted by atomic mass is 32.1. The first-order chi connectivity index (χ1) is 17.0. The summed E-state index contributed by atoms with van der Waals surface area (Å²) in [5.74, 6) is -0.885. The number of halogens is 1. The van der Waals surface area contributed by atoms with E-state index < -0.39 is 17.6 Å². The third kappa shape index (κ3) is 6.81. The maximum Gasteiger partial charge on any atom is 0.274 e. The highest BCUT2D eigenvalue weighted by molar-refractivity contribution is 7.09. The lowest BCUT2D eigenvalue weighted by Crippen LogP contribution is -2.16. The van der Waals surface area contributed by atoms with Crippen molar-refractivity contribution in [3.8, 4) is 5.75 Å². The molecule has 2 N–H and O–H groups in total. The Kier molecular flexibility index (Phi) is 7.59. The first-order valence-electron chi connectivity index (χ1n) is 10.6. The molecule has 0 aliphatic rings. The van der Waals surface area contributed by atoms with E-state index in [1.54, 1.807) is 41.7 Å². The zero-order chi connectivity index (χ0) is 24.6. The fourth-order valence-corrected chi connectivity index (χ4v) is 3.70. The SMILES string of the molecule is Cc1nc(COc2cccc(C=CC(=O)Nc3cc(F)ccc3NC(=O)c3ccccn3)c2)cs1. The molecule has 4 rings (SSSR count). The molecule has 9 heteroatoms. The zero-order valence-electron chi connectivity index (χ0n) is 18.7. The average molecular weight is 489 g/mol. The van der Waals surface area contributed by atoms with Gasteiger partial charge >= 0.3 is 0 Å². The Hall–Kier alpha value is -4.37. The molecular weight excluding hydrogens is 467 g/mol. The normalized spacial score (nSPS) is 10.8. The fraction of sp³-hybridized carbons (Fsp3) is 0.0769.